The van der Waals surface area contributed by atoms with Crippen molar-refractivity contribution in [2.24, 2.45) is 5.41 Å². The molecule has 0 unspecified atom stereocenters. The average Bonchev–Trinajstić information content (AvgIpc) is 2.48. The van der Waals surface area contributed by atoms with Gasteiger partial charge in [-0.25, -0.2) is 0 Å². The molecule has 1 heteroatoms. The molecule has 1 aliphatic carbocycles. The van der Waals surface area contributed by atoms with Crippen LogP contribution in [0.4, 0.5) is 11.4 Å². The second-order valence-electron chi connectivity index (χ2n) is 8.71. The van der Waals surface area contributed by atoms with Crippen molar-refractivity contribution in [2.75, 3.05) is 5.32 Å². The number of nitrogens with one attached hydrogen (secondary N) is 1. The summed E-state index contributed by atoms with van der Waals surface area (Å²) in [5.74, 6) is 0. The summed E-state index contributed by atoms with van der Waals surface area (Å²) in [6, 6.07) is 15.4. The highest BCUT2D eigenvalue weighted by Gasteiger charge is 2.32. The van der Waals surface area contributed by atoms with Crippen LogP contribution in [0.1, 0.15) is 57.7 Å². The van der Waals surface area contributed by atoms with E-state index in [1.807, 2.05) is 0 Å². The molecule has 1 aliphatic rings. The number of allylic oxidation sites excluding steroid dienone is 2. The average molecular weight is 319 g/mol. The number of benzene rings is 2. The third-order valence-corrected chi connectivity index (χ3v) is 5.00. The number of fused-ring (bicyclic) bond motifs is 1. The van der Waals surface area contributed by atoms with Gasteiger partial charge in [-0.1, -0.05) is 64.5 Å². The van der Waals surface area contributed by atoms with Crippen molar-refractivity contribution in [1.82, 2.24) is 0 Å². The Kier molecular flexibility index (Phi) is 4.07. The summed E-state index contributed by atoms with van der Waals surface area (Å²) in [5, 5.41) is 3.55. The van der Waals surface area contributed by atoms with Crippen molar-refractivity contribution in [2.45, 2.75) is 53.4 Å². The van der Waals surface area contributed by atoms with Crippen molar-refractivity contribution in [3.63, 3.8) is 0 Å². The van der Waals surface area contributed by atoms with Gasteiger partial charge in [0.2, 0.25) is 0 Å². The molecule has 0 spiro atoms. The lowest BCUT2D eigenvalue weighted by Crippen LogP contribution is -2.25. The van der Waals surface area contributed by atoms with Crippen LogP contribution in [0.5, 0.6) is 0 Å². The molecule has 0 saturated carbocycles. The van der Waals surface area contributed by atoms with E-state index in [1.54, 1.807) is 0 Å². The summed E-state index contributed by atoms with van der Waals surface area (Å²) >= 11 is 0. The lowest BCUT2D eigenvalue weighted by Gasteiger charge is -2.37. The maximum Gasteiger partial charge on any atom is 0.0390 e. The van der Waals surface area contributed by atoms with Gasteiger partial charge in [0.25, 0.3) is 0 Å². The molecule has 0 heterocycles. The summed E-state index contributed by atoms with van der Waals surface area (Å²) in [6.07, 6.45) is 3.55. The highest BCUT2D eigenvalue weighted by atomic mass is 14.9. The van der Waals surface area contributed by atoms with Gasteiger partial charge in [0.15, 0.2) is 0 Å². The first-order valence-electron chi connectivity index (χ1n) is 8.86. The summed E-state index contributed by atoms with van der Waals surface area (Å²) in [4.78, 5) is 0. The molecule has 0 aliphatic heterocycles. The van der Waals surface area contributed by atoms with Gasteiger partial charge in [-0.15, -0.1) is 0 Å². The Morgan fingerprint density at radius 3 is 2.17 bits per heavy atom. The number of hydrogen-bond donors (Lipinski definition) is 1. The Bertz CT molecular complexity index is 771. The molecule has 0 radical (unpaired) electrons. The smallest absolute Gasteiger partial charge is 0.0390 e. The van der Waals surface area contributed by atoms with E-state index in [0.717, 1.165) is 17.8 Å². The van der Waals surface area contributed by atoms with Crippen LogP contribution in [-0.4, -0.2) is 0 Å². The minimum atomic E-state index is 0.160. The maximum absolute atomic E-state index is 3.55. The van der Waals surface area contributed by atoms with Crippen LogP contribution in [0.3, 0.4) is 0 Å². The zero-order valence-corrected chi connectivity index (χ0v) is 15.8. The maximum atomic E-state index is 3.55. The Balaban J connectivity index is 2.02. The van der Waals surface area contributed by atoms with Crippen LogP contribution in [0.15, 0.2) is 48.5 Å². The van der Waals surface area contributed by atoms with Crippen molar-refractivity contribution in [3.8, 4) is 0 Å². The largest absolute Gasteiger partial charge is 0.356 e. The molecule has 3 rings (SSSR count). The normalized spacial score (nSPS) is 16.3. The first kappa shape index (κ1) is 16.8. The lowest BCUT2D eigenvalue weighted by molar-refractivity contribution is 0.504. The Hall–Kier alpha value is -2.02. The fraction of sp³-hybridized carbons (Fsp3) is 0.391. The summed E-state index contributed by atoms with van der Waals surface area (Å²) < 4.78 is 0. The first-order chi connectivity index (χ1) is 11.2. The van der Waals surface area contributed by atoms with E-state index in [2.05, 4.69) is 95.4 Å². The van der Waals surface area contributed by atoms with E-state index < -0.39 is 0 Å². The highest BCUT2D eigenvalue weighted by molar-refractivity contribution is 5.78. The van der Waals surface area contributed by atoms with Gasteiger partial charge >= 0.3 is 0 Å². The molecule has 1 nitrogen and oxygen atoms in total. The predicted molar refractivity (Wildman–Crippen MR) is 106 cm³/mol. The van der Waals surface area contributed by atoms with Gasteiger partial charge in [0.05, 0.1) is 0 Å². The zero-order valence-electron chi connectivity index (χ0n) is 15.8. The molecule has 0 fully saturated rings. The topological polar surface area (TPSA) is 12.0 Å². The second kappa shape index (κ2) is 5.81. The van der Waals surface area contributed by atoms with Crippen LogP contribution in [0.25, 0.3) is 5.57 Å². The van der Waals surface area contributed by atoms with Crippen molar-refractivity contribution >= 4 is 16.9 Å². The van der Waals surface area contributed by atoms with Crippen molar-refractivity contribution in [3.05, 3.63) is 65.2 Å². The van der Waals surface area contributed by atoms with Gasteiger partial charge in [0, 0.05) is 11.4 Å². The Morgan fingerprint density at radius 2 is 1.54 bits per heavy atom. The van der Waals surface area contributed by atoms with Gasteiger partial charge < -0.3 is 5.32 Å². The Labute approximate surface area is 146 Å². The summed E-state index contributed by atoms with van der Waals surface area (Å²) in [7, 11) is 0. The lowest BCUT2D eigenvalue weighted by atomic mass is 9.68. The molecule has 0 saturated heterocycles. The molecule has 24 heavy (non-hydrogen) atoms. The van der Waals surface area contributed by atoms with Gasteiger partial charge in [0.1, 0.15) is 0 Å². The predicted octanol–water partition coefficient (Wildman–Crippen LogP) is 6.85. The molecule has 0 aromatic heterocycles. The van der Waals surface area contributed by atoms with E-state index >= 15 is 0 Å². The minimum Gasteiger partial charge on any atom is -0.356 e. The third kappa shape index (κ3) is 3.26. The van der Waals surface area contributed by atoms with Gasteiger partial charge in [-0.3, -0.25) is 0 Å². The molecule has 1 N–H and O–H groups in total. The van der Waals surface area contributed by atoms with Crippen LogP contribution < -0.4 is 5.32 Å². The molecular weight excluding hydrogens is 290 g/mol. The molecule has 0 amide bonds. The fourth-order valence-electron chi connectivity index (χ4n) is 3.53. The van der Waals surface area contributed by atoms with Crippen molar-refractivity contribution < 1.29 is 0 Å². The number of anilines is 2. The third-order valence-electron chi connectivity index (χ3n) is 5.00. The Morgan fingerprint density at radius 1 is 0.917 bits per heavy atom. The summed E-state index contributed by atoms with van der Waals surface area (Å²) in [6.45, 7) is 13.7. The summed E-state index contributed by atoms with van der Waals surface area (Å²) in [5.41, 5.74) is 8.26. The molecule has 2 aromatic rings. The van der Waals surface area contributed by atoms with Crippen LogP contribution in [0, 0.1) is 12.3 Å². The van der Waals surface area contributed by atoms with E-state index in [-0.39, 0.29) is 10.8 Å². The number of aryl methyl sites for hydroxylation is 1. The fourth-order valence-corrected chi connectivity index (χ4v) is 3.53. The van der Waals surface area contributed by atoms with Crippen LogP contribution in [-0.2, 0) is 5.41 Å². The van der Waals surface area contributed by atoms with Crippen molar-refractivity contribution in [1.29, 1.82) is 0 Å². The molecule has 126 valence electrons. The zero-order chi connectivity index (χ0) is 17.5. The molecule has 0 atom stereocenters. The van der Waals surface area contributed by atoms with E-state index in [4.69, 9.17) is 0 Å². The van der Waals surface area contributed by atoms with Gasteiger partial charge in [-0.2, -0.15) is 0 Å². The highest BCUT2D eigenvalue weighted by Crippen LogP contribution is 2.46. The standard InChI is InChI=1S/C23H29N/c1-16-7-9-17(10-8-16)24-18-11-12-21-19(15-18)20(22(2,3)4)13-14-23(21,5)6/h7-13,15,24H,14H2,1-6H3. The minimum absolute atomic E-state index is 0.160. The van der Waals surface area contributed by atoms with Crippen LogP contribution >= 0.6 is 0 Å². The molecular formula is C23H29N. The number of hydrogen-bond acceptors (Lipinski definition) is 1. The van der Waals surface area contributed by atoms with Gasteiger partial charge in [-0.05, 0) is 65.1 Å². The first-order valence-corrected chi connectivity index (χ1v) is 8.86. The van der Waals surface area contributed by atoms with Crippen LogP contribution in [0.2, 0.25) is 0 Å². The van der Waals surface area contributed by atoms with E-state index in [9.17, 15) is 0 Å². The van der Waals surface area contributed by atoms with E-state index in [1.165, 1.54) is 22.3 Å². The van der Waals surface area contributed by atoms with E-state index in [0.29, 0.717) is 0 Å². The monoisotopic (exact) mass is 319 g/mol. The molecule has 0 bridgehead atoms. The molecule has 2 aromatic carbocycles. The SMILES string of the molecule is Cc1ccc(Nc2ccc3c(c2)C(C(C)(C)C)=CCC3(C)C)cc1. The quantitative estimate of drug-likeness (QED) is 0.638. The second-order valence-corrected chi connectivity index (χ2v) is 8.71. The number of rotatable bonds is 2.